The van der Waals surface area contributed by atoms with E-state index >= 15 is 0 Å². The second kappa shape index (κ2) is 15.4. The highest BCUT2D eigenvalue weighted by molar-refractivity contribution is 5.14. The predicted molar refractivity (Wildman–Crippen MR) is 155 cm³/mol. The highest BCUT2D eigenvalue weighted by Gasteiger charge is 2.26. The average molecular weight is 471 g/mol. The highest BCUT2D eigenvalue weighted by Crippen LogP contribution is 2.38. The lowest BCUT2D eigenvalue weighted by atomic mass is 9.72. The molecule has 0 amide bonds. The Morgan fingerprint density at radius 3 is 1.35 bits per heavy atom. The summed E-state index contributed by atoms with van der Waals surface area (Å²) in [4.78, 5) is 0. The molecule has 0 aliphatic heterocycles. The first-order chi connectivity index (χ1) is 15.8. The zero-order valence-corrected chi connectivity index (χ0v) is 25.1. The first kappa shape index (κ1) is 31.3. The van der Waals surface area contributed by atoms with Gasteiger partial charge >= 0.3 is 0 Å². The number of rotatable bonds is 6. The standard InChI is InChI=1S/C13H26.C11H22.C10H14/c1-11(13(2,3)4)10-12-8-6-5-7-9-12;1-9(11(2,3)4)8-10-6-5-7-10;1-9(2)8-10-6-4-3-5-7-10/h11-12H,5-10H2,1-4H3;9-10H,5-8H2,1-4H3;3-7,9H,8H2,1-2H3. The van der Waals surface area contributed by atoms with Crippen molar-refractivity contribution in [3.05, 3.63) is 35.9 Å². The summed E-state index contributed by atoms with van der Waals surface area (Å²) in [5.41, 5.74) is 2.48. The quantitative estimate of drug-likeness (QED) is 0.387. The largest absolute Gasteiger partial charge is 0.0625 e. The van der Waals surface area contributed by atoms with Crippen molar-refractivity contribution < 1.29 is 0 Å². The zero-order valence-electron chi connectivity index (χ0n) is 25.1. The third-order valence-corrected chi connectivity index (χ3v) is 8.77. The van der Waals surface area contributed by atoms with Gasteiger partial charge in [-0.1, -0.05) is 151 Å². The van der Waals surface area contributed by atoms with Crippen LogP contribution in [0.3, 0.4) is 0 Å². The topological polar surface area (TPSA) is 0 Å². The Balaban J connectivity index is 0.000000257. The van der Waals surface area contributed by atoms with E-state index in [9.17, 15) is 0 Å². The molecule has 1 aromatic rings. The molecule has 3 rings (SSSR count). The molecule has 0 radical (unpaired) electrons. The lowest BCUT2D eigenvalue weighted by Crippen LogP contribution is -2.23. The van der Waals surface area contributed by atoms with Gasteiger partial charge in [0, 0.05) is 0 Å². The van der Waals surface area contributed by atoms with Gasteiger partial charge in [-0.2, -0.15) is 0 Å². The van der Waals surface area contributed by atoms with Crippen LogP contribution in [-0.4, -0.2) is 0 Å². The average Bonchev–Trinajstić information content (AvgIpc) is 2.71. The Morgan fingerprint density at radius 2 is 1.03 bits per heavy atom. The summed E-state index contributed by atoms with van der Waals surface area (Å²) >= 11 is 0. The van der Waals surface area contributed by atoms with Gasteiger partial charge in [0.15, 0.2) is 0 Å². The molecule has 0 heteroatoms. The van der Waals surface area contributed by atoms with E-state index in [-0.39, 0.29) is 0 Å². The van der Waals surface area contributed by atoms with Crippen LogP contribution in [0.5, 0.6) is 0 Å². The van der Waals surface area contributed by atoms with Crippen molar-refractivity contribution in [1.82, 2.24) is 0 Å². The van der Waals surface area contributed by atoms with Gasteiger partial charge in [0.25, 0.3) is 0 Å². The maximum atomic E-state index is 2.43. The van der Waals surface area contributed by atoms with E-state index in [4.69, 9.17) is 0 Å². The molecule has 0 bridgehead atoms. The van der Waals surface area contributed by atoms with Crippen molar-refractivity contribution in [3.63, 3.8) is 0 Å². The summed E-state index contributed by atoms with van der Waals surface area (Å²) in [6.07, 6.45) is 16.1. The van der Waals surface area contributed by atoms with Gasteiger partial charge in [0.05, 0.1) is 0 Å². The Hall–Kier alpha value is -0.780. The van der Waals surface area contributed by atoms with E-state index < -0.39 is 0 Å². The fourth-order valence-electron chi connectivity index (χ4n) is 4.94. The Labute approximate surface area is 216 Å². The highest BCUT2D eigenvalue weighted by atomic mass is 14.3. The molecule has 34 heavy (non-hydrogen) atoms. The molecule has 2 atom stereocenters. The molecule has 0 spiro atoms. The van der Waals surface area contributed by atoms with Crippen LogP contribution in [0.4, 0.5) is 0 Å². The third kappa shape index (κ3) is 13.9. The molecular weight excluding hydrogens is 408 g/mol. The van der Waals surface area contributed by atoms with Gasteiger partial charge in [-0.15, -0.1) is 0 Å². The minimum absolute atomic E-state index is 0.511. The molecule has 2 aliphatic carbocycles. The van der Waals surface area contributed by atoms with Crippen LogP contribution < -0.4 is 0 Å². The number of hydrogen-bond acceptors (Lipinski definition) is 0. The molecule has 2 fully saturated rings. The van der Waals surface area contributed by atoms with Crippen LogP contribution in [0, 0.1) is 40.4 Å². The summed E-state index contributed by atoms with van der Waals surface area (Å²) in [6.45, 7) is 23.5. The van der Waals surface area contributed by atoms with Crippen molar-refractivity contribution in [2.45, 2.75) is 140 Å². The van der Waals surface area contributed by atoms with Crippen molar-refractivity contribution in [2.24, 2.45) is 40.4 Å². The lowest BCUT2D eigenvalue weighted by molar-refractivity contribution is 0.171. The van der Waals surface area contributed by atoms with Crippen molar-refractivity contribution in [1.29, 1.82) is 0 Å². The van der Waals surface area contributed by atoms with Gasteiger partial charge in [-0.05, 0) is 65.2 Å². The van der Waals surface area contributed by atoms with Gasteiger partial charge in [-0.25, -0.2) is 0 Å². The normalized spacial score (nSPS) is 19.3. The first-order valence-electron chi connectivity index (χ1n) is 14.8. The molecule has 2 unspecified atom stereocenters. The maximum absolute atomic E-state index is 2.43. The van der Waals surface area contributed by atoms with Crippen LogP contribution in [0.1, 0.15) is 139 Å². The van der Waals surface area contributed by atoms with E-state index in [0.29, 0.717) is 10.8 Å². The number of hydrogen-bond donors (Lipinski definition) is 0. The summed E-state index contributed by atoms with van der Waals surface area (Å²) in [6, 6.07) is 10.6. The lowest BCUT2D eigenvalue weighted by Gasteiger charge is -2.34. The van der Waals surface area contributed by atoms with E-state index in [2.05, 4.69) is 99.6 Å². The van der Waals surface area contributed by atoms with Gasteiger partial charge in [0.1, 0.15) is 0 Å². The summed E-state index contributed by atoms with van der Waals surface area (Å²) in [5.74, 6) is 4.66. The molecule has 0 nitrogen and oxygen atoms in total. The second-order valence-electron chi connectivity index (χ2n) is 14.4. The van der Waals surface area contributed by atoms with Crippen LogP contribution >= 0.6 is 0 Å². The van der Waals surface area contributed by atoms with E-state index in [0.717, 1.165) is 29.6 Å². The van der Waals surface area contributed by atoms with Gasteiger partial charge in [0.2, 0.25) is 0 Å². The van der Waals surface area contributed by atoms with Crippen molar-refractivity contribution in [2.75, 3.05) is 0 Å². The van der Waals surface area contributed by atoms with Gasteiger partial charge < -0.3 is 0 Å². The maximum Gasteiger partial charge on any atom is -0.0256 e. The summed E-state index contributed by atoms with van der Waals surface area (Å²) in [7, 11) is 0. The van der Waals surface area contributed by atoms with E-state index in [1.807, 2.05) is 0 Å². The molecule has 1 aromatic carbocycles. The summed E-state index contributed by atoms with van der Waals surface area (Å²) in [5, 5.41) is 0. The monoisotopic (exact) mass is 470 g/mol. The zero-order chi connectivity index (χ0) is 25.8. The third-order valence-electron chi connectivity index (χ3n) is 8.77. The van der Waals surface area contributed by atoms with E-state index in [1.54, 1.807) is 0 Å². The van der Waals surface area contributed by atoms with Crippen LogP contribution in [-0.2, 0) is 6.42 Å². The Kier molecular flexibility index (Phi) is 14.1. The van der Waals surface area contributed by atoms with Crippen LogP contribution in [0.25, 0.3) is 0 Å². The molecule has 0 N–H and O–H groups in total. The molecule has 2 aliphatic rings. The Bertz CT molecular complexity index is 602. The van der Waals surface area contributed by atoms with Crippen LogP contribution in [0.2, 0.25) is 0 Å². The molecule has 0 saturated heterocycles. The predicted octanol–water partition coefficient (Wildman–Crippen LogP) is 11.4. The fraction of sp³-hybridized carbons (Fsp3) is 0.824. The van der Waals surface area contributed by atoms with Crippen molar-refractivity contribution in [3.8, 4) is 0 Å². The minimum atomic E-state index is 0.511. The molecule has 198 valence electrons. The smallest absolute Gasteiger partial charge is 0.0256 e. The first-order valence-corrected chi connectivity index (χ1v) is 14.8. The minimum Gasteiger partial charge on any atom is -0.0625 e. The number of benzene rings is 1. The van der Waals surface area contributed by atoms with Crippen LogP contribution in [0.15, 0.2) is 30.3 Å². The molecular formula is C34H62. The fourth-order valence-corrected chi connectivity index (χ4v) is 4.94. The van der Waals surface area contributed by atoms with Gasteiger partial charge in [-0.3, -0.25) is 0 Å². The SMILES string of the molecule is CC(C)Cc1ccccc1.CC(CC1CCC1)C(C)(C)C.CC(CC1CCCCC1)C(C)(C)C. The summed E-state index contributed by atoms with van der Waals surface area (Å²) < 4.78 is 0. The molecule has 2 saturated carbocycles. The second-order valence-corrected chi connectivity index (χ2v) is 14.4. The molecule has 0 heterocycles. The van der Waals surface area contributed by atoms with Crippen molar-refractivity contribution >= 4 is 0 Å². The van der Waals surface area contributed by atoms with E-state index in [1.165, 1.54) is 76.2 Å². The molecule has 0 aromatic heterocycles. The Morgan fingerprint density at radius 1 is 0.618 bits per heavy atom.